The molecule has 0 radical (unpaired) electrons. The van der Waals surface area contributed by atoms with E-state index >= 15 is 0 Å². The van der Waals surface area contributed by atoms with E-state index in [-0.39, 0.29) is 0 Å². The number of imidazole rings is 1. The predicted octanol–water partition coefficient (Wildman–Crippen LogP) is 2.70. The molecular formula is C13H11N3. The number of aromatic nitrogens is 3. The largest absolute Gasteiger partial charge is 0.236 e. The lowest BCUT2D eigenvalue weighted by Crippen LogP contribution is -1.94. The summed E-state index contributed by atoms with van der Waals surface area (Å²) in [6, 6.07) is 12.2. The average molecular weight is 209 g/mol. The molecule has 0 saturated carbocycles. The number of fused-ring (bicyclic) bond motifs is 1. The van der Waals surface area contributed by atoms with Crippen LogP contribution in [0.1, 0.15) is 5.56 Å². The smallest absolute Gasteiger partial charge is 0.153 e. The van der Waals surface area contributed by atoms with Gasteiger partial charge < -0.3 is 0 Å². The standard InChI is InChI=1S/C13H11N3/c1-10-4-2-3-5-11(10)12-6-7-13-14-8-9-16(13)15-12/h2-9H,1H3. The summed E-state index contributed by atoms with van der Waals surface area (Å²) >= 11 is 0. The monoisotopic (exact) mass is 209 g/mol. The molecule has 3 nitrogen and oxygen atoms in total. The Morgan fingerprint density at radius 2 is 1.94 bits per heavy atom. The van der Waals surface area contributed by atoms with Gasteiger partial charge in [-0.15, -0.1) is 0 Å². The molecule has 78 valence electrons. The van der Waals surface area contributed by atoms with E-state index in [1.54, 1.807) is 10.7 Å². The van der Waals surface area contributed by atoms with Crippen molar-refractivity contribution in [1.29, 1.82) is 0 Å². The maximum absolute atomic E-state index is 4.52. The first-order valence-corrected chi connectivity index (χ1v) is 5.21. The van der Waals surface area contributed by atoms with Gasteiger partial charge in [-0.05, 0) is 24.6 Å². The zero-order chi connectivity index (χ0) is 11.0. The number of hydrogen-bond acceptors (Lipinski definition) is 2. The summed E-state index contributed by atoms with van der Waals surface area (Å²) in [4.78, 5) is 4.18. The van der Waals surface area contributed by atoms with Crippen LogP contribution in [0.15, 0.2) is 48.8 Å². The van der Waals surface area contributed by atoms with Gasteiger partial charge in [0.1, 0.15) is 0 Å². The minimum atomic E-state index is 0.873. The van der Waals surface area contributed by atoms with Crippen LogP contribution in [0.4, 0.5) is 0 Å². The molecule has 3 rings (SSSR count). The van der Waals surface area contributed by atoms with Crippen LogP contribution in [0.3, 0.4) is 0 Å². The van der Waals surface area contributed by atoms with Crippen LogP contribution in [0.25, 0.3) is 16.9 Å². The first-order chi connectivity index (χ1) is 7.84. The first-order valence-electron chi connectivity index (χ1n) is 5.21. The van der Waals surface area contributed by atoms with Crippen molar-refractivity contribution < 1.29 is 0 Å². The minimum Gasteiger partial charge on any atom is -0.236 e. The van der Waals surface area contributed by atoms with Gasteiger partial charge in [0.25, 0.3) is 0 Å². The van der Waals surface area contributed by atoms with Crippen LogP contribution in [-0.2, 0) is 0 Å². The zero-order valence-corrected chi connectivity index (χ0v) is 8.96. The molecule has 0 unspecified atom stereocenters. The van der Waals surface area contributed by atoms with Gasteiger partial charge in [-0.3, -0.25) is 0 Å². The molecule has 0 spiro atoms. The molecule has 0 atom stereocenters. The lowest BCUT2D eigenvalue weighted by atomic mass is 10.1. The summed E-state index contributed by atoms with van der Waals surface area (Å²) in [5.41, 5.74) is 4.24. The summed E-state index contributed by atoms with van der Waals surface area (Å²) in [5, 5.41) is 4.52. The SMILES string of the molecule is Cc1ccccc1-c1ccc2nccn2n1. The van der Waals surface area contributed by atoms with Crippen LogP contribution in [-0.4, -0.2) is 14.6 Å². The fourth-order valence-corrected chi connectivity index (χ4v) is 1.82. The molecule has 0 saturated heterocycles. The Morgan fingerprint density at radius 1 is 1.06 bits per heavy atom. The van der Waals surface area contributed by atoms with Crippen LogP contribution in [0.5, 0.6) is 0 Å². The number of nitrogens with zero attached hydrogens (tertiary/aromatic N) is 3. The number of rotatable bonds is 1. The van der Waals surface area contributed by atoms with Crippen LogP contribution < -0.4 is 0 Å². The van der Waals surface area contributed by atoms with Crippen LogP contribution in [0.2, 0.25) is 0 Å². The summed E-state index contributed by atoms with van der Waals surface area (Å²) < 4.78 is 1.79. The number of aryl methyl sites for hydroxylation is 1. The molecule has 0 aliphatic rings. The molecule has 0 aliphatic carbocycles. The Bertz CT molecular complexity index is 640. The summed E-state index contributed by atoms with van der Waals surface area (Å²) in [6.07, 6.45) is 3.61. The number of benzene rings is 1. The molecule has 16 heavy (non-hydrogen) atoms. The van der Waals surface area contributed by atoms with Crippen molar-refractivity contribution in [2.45, 2.75) is 6.92 Å². The fourth-order valence-electron chi connectivity index (χ4n) is 1.82. The Hall–Kier alpha value is -2.16. The molecule has 0 aliphatic heterocycles. The van der Waals surface area contributed by atoms with Gasteiger partial charge in [0.15, 0.2) is 5.65 Å². The predicted molar refractivity (Wildman–Crippen MR) is 63.2 cm³/mol. The van der Waals surface area contributed by atoms with E-state index in [1.807, 2.05) is 30.5 Å². The molecule has 2 aromatic heterocycles. The van der Waals surface area contributed by atoms with Crippen molar-refractivity contribution in [3.05, 3.63) is 54.4 Å². The van der Waals surface area contributed by atoms with Crippen molar-refractivity contribution >= 4 is 5.65 Å². The van der Waals surface area contributed by atoms with Gasteiger partial charge in [0.05, 0.1) is 5.69 Å². The average Bonchev–Trinajstić information content (AvgIpc) is 2.76. The third-order valence-corrected chi connectivity index (χ3v) is 2.68. The van der Waals surface area contributed by atoms with Gasteiger partial charge in [-0.1, -0.05) is 24.3 Å². The molecule has 2 heterocycles. The molecule has 1 aromatic carbocycles. The second-order valence-electron chi connectivity index (χ2n) is 3.76. The Labute approximate surface area is 93.4 Å². The molecule has 0 amide bonds. The molecule has 0 fully saturated rings. The van der Waals surface area contributed by atoms with E-state index in [4.69, 9.17) is 0 Å². The van der Waals surface area contributed by atoms with Gasteiger partial charge in [-0.25, -0.2) is 9.50 Å². The van der Waals surface area contributed by atoms with Gasteiger partial charge >= 0.3 is 0 Å². The van der Waals surface area contributed by atoms with E-state index in [0.29, 0.717) is 0 Å². The second kappa shape index (κ2) is 3.45. The molecule has 3 heteroatoms. The van der Waals surface area contributed by atoms with Crippen molar-refractivity contribution in [1.82, 2.24) is 14.6 Å². The highest BCUT2D eigenvalue weighted by Gasteiger charge is 2.03. The Morgan fingerprint density at radius 3 is 2.81 bits per heavy atom. The van der Waals surface area contributed by atoms with Crippen molar-refractivity contribution in [3.8, 4) is 11.3 Å². The summed E-state index contributed by atoms with van der Waals surface area (Å²) in [5.74, 6) is 0. The highest BCUT2D eigenvalue weighted by molar-refractivity contribution is 5.63. The topological polar surface area (TPSA) is 30.2 Å². The third-order valence-electron chi connectivity index (χ3n) is 2.68. The van der Waals surface area contributed by atoms with Gasteiger partial charge in [0.2, 0.25) is 0 Å². The molecule has 3 aromatic rings. The highest BCUT2D eigenvalue weighted by atomic mass is 15.2. The molecule has 0 bridgehead atoms. The van der Waals surface area contributed by atoms with E-state index in [0.717, 1.165) is 16.9 Å². The quantitative estimate of drug-likeness (QED) is 0.616. The van der Waals surface area contributed by atoms with E-state index in [2.05, 4.69) is 29.1 Å². The van der Waals surface area contributed by atoms with Crippen LogP contribution >= 0.6 is 0 Å². The lowest BCUT2D eigenvalue weighted by Gasteiger charge is -2.04. The third kappa shape index (κ3) is 1.37. The maximum Gasteiger partial charge on any atom is 0.153 e. The van der Waals surface area contributed by atoms with Gasteiger partial charge in [0, 0.05) is 18.0 Å². The van der Waals surface area contributed by atoms with Gasteiger partial charge in [-0.2, -0.15) is 5.10 Å². The first kappa shape index (κ1) is 9.09. The Balaban J connectivity index is 2.22. The fraction of sp³-hybridized carbons (Fsp3) is 0.0769. The van der Waals surface area contributed by atoms with Crippen molar-refractivity contribution in [2.75, 3.05) is 0 Å². The minimum absolute atomic E-state index is 0.873. The highest BCUT2D eigenvalue weighted by Crippen LogP contribution is 2.20. The normalized spacial score (nSPS) is 10.8. The van der Waals surface area contributed by atoms with E-state index < -0.39 is 0 Å². The molecule has 0 N–H and O–H groups in total. The Kier molecular flexibility index (Phi) is 1.96. The van der Waals surface area contributed by atoms with E-state index in [1.165, 1.54) is 5.56 Å². The number of hydrogen-bond donors (Lipinski definition) is 0. The second-order valence-corrected chi connectivity index (χ2v) is 3.76. The zero-order valence-electron chi connectivity index (χ0n) is 8.96. The summed E-state index contributed by atoms with van der Waals surface area (Å²) in [6.45, 7) is 2.09. The van der Waals surface area contributed by atoms with Crippen molar-refractivity contribution in [2.24, 2.45) is 0 Å². The maximum atomic E-state index is 4.52. The van der Waals surface area contributed by atoms with Crippen LogP contribution in [0, 0.1) is 6.92 Å². The summed E-state index contributed by atoms with van der Waals surface area (Å²) in [7, 11) is 0. The lowest BCUT2D eigenvalue weighted by molar-refractivity contribution is 0.941. The van der Waals surface area contributed by atoms with Crippen molar-refractivity contribution in [3.63, 3.8) is 0 Å². The van der Waals surface area contributed by atoms with E-state index in [9.17, 15) is 0 Å². The molecular weight excluding hydrogens is 198 g/mol.